The van der Waals surface area contributed by atoms with E-state index in [2.05, 4.69) is 19.9 Å². The number of hydrogen-bond donors (Lipinski definition) is 1. The molecule has 4 nitrogen and oxygen atoms in total. The largest absolute Gasteiger partial charge is 0.431 e. The van der Waals surface area contributed by atoms with E-state index in [4.69, 9.17) is 9.15 Å². The average molecular weight is 399 g/mol. The zero-order valence-electron chi connectivity index (χ0n) is 17.9. The summed E-state index contributed by atoms with van der Waals surface area (Å²) in [6.45, 7) is 4.74. The summed E-state index contributed by atoms with van der Waals surface area (Å²) in [6.07, 6.45) is 12.7. The Kier molecular flexibility index (Phi) is 4.42. The third kappa shape index (κ3) is 2.61. The molecule has 0 amide bonds. The van der Waals surface area contributed by atoms with Gasteiger partial charge in [-0.1, -0.05) is 25.5 Å². The molecule has 1 N–H and O–H groups in total. The molecule has 3 fully saturated rings. The third-order valence-corrected chi connectivity index (χ3v) is 9.69. The molecule has 1 aromatic heterocycles. The van der Waals surface area contributed by atoms with Gasteiger partial charge in [0, 0.05) is 18.6 Å². The number of rotatable bonds is 2. The molecule has 5 rings (SSSR count). The molecule has 0 spiro atoms. The van der Waals surface area contributed by atoms with Gasteiger partial charge in [0.1, 0.15) is 0 Å². The van der Waals surface area contributed by atoms with Crippen LogP contribution in [-0.2, 0) is 4.74 Å². The Labute approximate surface area is 173 Å². The van der Waals surface area contributed by atoms with Gasteiger partial charge in [0.05, 0.1) is 18.0 Å². The molecule has 7 atom stereocenters. The van der Waals surface area contributed by atoms with Gasteiger partial charge in [0.25, 0.3) is 0 Å². The van der Waals surface area contributed by atoms with E-state index in [-0.39, 0.29) is 28.5 Å². The van der Waals surface area contributed by atoms with Crippen LogP contribution in [0.15, 0.2) is 39.3 Å². The zero-order valence-corrected chi connectivity index (χ0v) is 17.9. The van der Waals surface area contributed by atoms with E-state index >= 15 is 0 Å². The number of allylic oxidation sites excluding steroid dienone is 1. The van der Waals surface area contributed by atoms with Crippen molar-refractivity contribution in [2.45, 2.75) is 82.8 Å². The normalized spacial score (nSPS) is 46.4. The fourth-order valence-corrected chi connectivity index (χ4v) is 7.95. The molecule has 4 aliphatic carbocycles. The van der Waals surface area contributed by atoms with Crippen molar-refractivity contribution in [2.75, 3.05) is 7.11 Å². The summed E-state index contributed by atoms with van der Waals surface area (Å²) in [4.78, 5) is 11.4. The van der Waals surface area contributed by atoms with E-state index in [9.17, 15) is 9.90 Å². The summed E-state index contributed by atoms with van der Waals surface area (Å²) in [6, 6.07) is 3.43. The van der Waals surface area contributed by atoms with E-state index in [1.807, 2.05) is 13.2 Å². The van der Waals surface area contributed by atoms with Crippen LogP contribution in [-0.4, -0.2) is 23.9 Å². The maximum absolute atomic E-state index is 12.2. The number of methoxy groups -OCH3 is 1. The van der Waals surface area contributed by atoms with Gasteiger partial charge in [-0.3, -0.25) is 0 Å². The van der Waals surface area contributed by atoms with Crippen molar-refractivity contribution in [3.63, 3.8) is 0 Å². The van der Waals surface area contributed by atoms with Crippen LogP contribution in [0.1, 0.15) is 76.7 Å². The minimum atomic E-state index is -0.636. The number of hydrogen-bond acceptors (Lipinski definition) is 4. The van der Waals surface area contributed by atoms with Crippen molar-refractivity contribution in [2.24, 2.45) is 22.7 Å². The van der Waals surface area contributed by atoms with E-state index in [0.717, 1.165) is 44.1 Å². The van der Waals surface area contributed by atoms with Gasteiger partial charge in [0.15, 0.2) is 0 Å². The maximum atomic E-state index is 12.2. The standard InChI is InChI=1S/C25H34O4/c1-23-11-8-18(28-3)14-17(23)5-6-21-20(23)9-12-24(2)19(10-13-25(21,24)27)16-4-7-22(26)29-15-16/h4,7,14-15,18-21,27H,5-6,8-13H2,1-3H3/t18-,19+,20-,21+,23-,24+,25-/m0/s1. The molecular formula is C25H34O4. The van der Waals surface area contributed by atoms with E-state index in [1.165, 1.54) is 18.9 Å². The van der Waals surface area contributed by atoms with Gasteiger partial charge in [-0.25, -0.2) is 4.79 Å². The molecule has 4 heteroatoms. The summed E-state index contributed by atoms with van der Waals surface area (Å²) < 4.78 is 10.8. The lowest BCUT2D eigenvalue weighted by molar-refractivity contribution is -0.178. The summed E-state index contributed by atoms with van der Waals surface area (Å²) in [5, 5.41) is 12.2. The van der Waals surface area contributed by atoms with Gasteiger partial charge >= 0.3 is 5.63 Å². The first-order chi connectivity index (χ1) is 13.8. The summed E-state index contributed by atoms with van der Waals surface area (Å²) in [5.74, 6) is 1.15. The molecule has 0 saturated heterocycles. The predicted molar refractivity (Wildman–Crippen MR) is 112 cm³/mol. The van der Waals surface area contributed by atoms with Crippen LogP contribution in [0, 0.1) is 22.7 Å². The highest BCUT2D eigenvalue weighted by Gasteiger charge is 2.66. The fraction of sp³-hybridized carbons (Fsp3) is 0.720. The zero-order chi connectivity index (χ0) is 20.4. The molecule has 0 aliphatic heterocycles. The molecule has 3 saturated carbocycles. The lowest BCUT2D eigenvalue weighted by atomic mass is 9.45. The maximum Gasteiger partial charge on any atom is 0.335 e. The van der Waals surface area contributed by atoms with Crippen LogP contribution >= 0.6 is 0 Å². The molecule has 4 aliphatic rings. The van der Waals surface area contributed by atoms with Gasteiger partial charge in [0.2, 0.25) is 0 Å². The van der Waals surface area contributed by atoms with Gasteiger partial charge < -0.3 is 14.3 Å². The molecule has 0 bridgehead atoms. The SMILES string of the molecule is CO[C@@H]1C=C2CC[C@@H]3[C@H](CC[C@]4(C)[C@@H](c5ccc(=O)oc5)CC[C@]34O)[C@@]2(C)CC1. The van der Waals surface area contributed by atoms with Crippen molar-refractivity contribution in [3.8, 4) is 0 Å². The Bertz CT molecular complexity index is 867. The second-order valence-corrected chi connectivity index (χ2v) is 10.5. The molecule has 0 radical (unpaired) electrons. The lowest BCUT2D eigenvalue weighted by Crippen LogP contribution is -2.60. The Morgan fingerprint density at radius 2 is 1.90 bits per heavy atom. The average Bonchev–Trinajstić information content (AvgIpc) is 2.99. The minimum absolute atomic E-state index is 0.157. The first-order valence-electron chi connectivity index (χ1n) is 11.4. The predicted octanol–water partition coefficient (Wildman–Crippen LogP) is 4.82. The second-order valence-electron chi connectivity index (χ2n) is 10.5. The first-order valence-corrected chi connectivity index (χ1v) is 11.4. The van der Waals surface area contributed by atoms with Crippen LogP contribution in [0.25, 0.3) is 0 Å². The van der Waals surface area contributed by atoms with Gasteiger partial charge in [-0.05, 0) is 86.2 Å². The van der Waals surface area contributed by atoms with E-state index < -0.39 is 5.60 Å². The fourth-order valence-electron chi connectivity index (χ4n) is 7.95. The highest BCUT2D eigenvalue weighted by Crippen LogP contribution is 2.70. The van der Waals surface area contributed by atoms with Crippen LogP contribution in [0.4, 0.5) is 0 Å². The van der Waals surface area contributed by atoms with Crippen LogP contribution in [0.3, 0.4) is 0 Å². The molecule has 1 heterocycles. The number of fused-ring (bicyclic) bond motifs is 5. The summed E-state index contributed by atoms with van der Waals surface area (Å²) >= 11 is 0. The lowest BCUT2D eigenvalue weighted by Gasteiger charge is -2.61. The highest BCUT2D eigenvalue weighted by atomic mass is 16.5. The minimum Gasteiger partial charge on any atom is -0.431 e. The molecule has 0 aromatic carbocycles. The molecule has 29 heavy (non-hydrogen) atoms. The Morgan fingerprint density at radius 1 is 1.07 bits per heavy atom. The van der Waals surface area contributed by atoms with Gasteiger partial charge in [-0.15, -0.1) is 0 Å². The second kappa shape index (κ2) is 6.55. The molecule has 158 valence electrons. The van der Waals surface area contributed by atoms with Crippen LogP contribution in [0.5, 0.6) is 0 Å². The van der Waals surface area contributed by atoms with Crippen molar-refractivity contribution in [3.05, 3.63) is 46.0 Å². The van der Waals surface area contributed by atoms with E-state index in [1.54, 1.807) is 11.8 Å². The Balaban J connectivity index is 1.49. The van der Waals surface area contributed by atoms with Crippen molar-refractivity contribution >= 4 is 0 Å². The smallest absolute Gasteiger partial charge is 0.335 e. The number of aliphatic hydroxyl groups is 1. The van der Waals surface area contributed by atoms with Crippen molar-refractivity contribution < 1.29 is 14.3 Å². The third-order valence-electron chi connectivity index (χ3n) is 9.69. The van der Waals surface area contributed by atoms with E-state index in [0.29, 0.717) is 11.8 Å². The first kappa shape index (κ1) is 19.6. The highest BCUT2D eigenvalue weighted by molar-refractivity contribution is 5.31. The quantitative estimate of drug-likeness (QED) is 0.726. The van der Waals surface area contributed by atoms with Crippen molar-refractivity contribution in [1.82, 2.24) is 0 Å². The van der Waals surface area contributed by atoms with Crippen LogP contribution < -0.4 is 5.63 Å². The summed E-state index contributed by atoms with van der Waals surface area (Å²) in [5.41, 5.74) is 1.75. The molecule has 0 unspecified atom stereocenters. The Morgan fingerprint density at radius 3 is 2.62 bits per heavy atom. The topological polar surface area (TPSA) is 59.7 Å². The Hall–Kier alpha value is -1.39. The molecular weight excluding hydrogens is 364 g/mol. The van der Waals surface area contributed by atoms with Crippen molar-refractivity contribution in [1.29, 1.82) is 0 Å². The van der Waals surface area contributed by atoms with Gasteiger partial charge in [-0.2, -0.15) is 0 Å². The number of ether oxygens (including phenoxy) is 1. The molecule has 1 aromatic rings. The monoisotopic (exact) mass is 398 g/mol. The van der Waals surface area contributed by atoms with Crippen LogP contribution in [0.2, 0.25) is 0 Å². The summed E-state index contributed by atoms with van der Waals surface area (Å²) in [7, 11) is 1.81.